The van der Waals surface area contributed by atoms with Gasteiger partial charge in [-0.05, 0) is 54.0 Å². The second kappa shape index (κ2) is 6.98. The fraction of sp³-hybridized carbons (Fsp3) is 0.400. The van der Waals surface area contributed by atoms with Gasteiger partial charge in [0.2, 0.25) is 0 Å². The van der Waals surface area contributed by atoms with E-state index >= 15 is 0 Å². The van der Waals surface area contributed by atoms with E-state index in [-0.39, 0.29) is 29.9 Å². The zero-order valence-corrected chi connectivity index (χ0v) is 15.6. The number of alkyl halides is 4. The fourth-order valence-corrected chi connectivity index (χ4v) is 4.65. The van der Waals surface area contributed by atoms with Crippen LogP contribution in [0, 0.1) is 11.7 Å². The van der Waals surface area contributed by atoms with E-state index in [1.807, 2.05) is 0 Å². The molecule has 2 aromatic heterocycles. The van der Waals surface area contributed by atoms with E-state index in [9.17, 15) is 22.0 Å². The lowest BCUT2D eigenvalue weighted by Crippen LogP contribution is -2.43. The van der Waals surface area contributed by atoms with Gasteiger partial charge in [-0.2, -0.15) is 13.2 Å². The Hall–Kier alpha value is -2.59. The number of fused-ring (bicyclic) bond motifs is 2. The monoisotopic (exact) mass is 423 g/mol. The highest BCUT2D eigenvalue weighted by Crippen LogP contribution is 2.44. The molecule has 1 saturated heterocycles. The molecule has 1 aliphatic carbocycles. The summed E-state index contributed by atoms with van der Waals surface area (Å²) < 4.78 is 69.2. The highest BCUT2D eigenvalue weighted by atomic mass is 19.4. The van der Waals surface area contributed by atoms with E-state index in [1.165, 1.54) is 18.3 Å². The van der Waals surface area contributed by atoms with Gasteiger partial charge in [-0.25, -0.2) is 18.3 Å². The number of rotatable bonds is 2. The minimum Gasteiger partial charge on any atom is -0.257 e. The Bertz CT molecular complexity index is 1080. The van der Waals surface area contributed by atoms with Gasteiger partial charge in [0, 0.05) is 18.3 Å². The van der Waals surface area contributed by atoms with Gasteiger partial charge in [-0.1, -0.05) is 12.1 Å². The molecular formula is C20H18F5N5. The summed E-state index contributed by atoms with van der Waals surface area (Å²) in [6.07, 6.45) is -3.71. The first kappa shape index (κ1) is 19.4. The van der Waals surface area contributed by atoms with E-state index in [0.717, 1.165) is 4.52 Å². The van der Waals surface area contributed by atoms with Crippen molar-refractivity contribution >= 4 is 5.65 Å². The molecular weight excluding hydrogens is 405 g/mol. The van der Waals surface area contributed by atoms with Crippen LogP contribution in [0.15, 0.2) is 36.5 Å². The van der Waals surface area contributed by atoms with Crippen LogP contribution in [0.2, 0.25) is 0 Å². The average Bonchev–Trinajstić information content (AvgIpc) is 3.34. The minimum absolute atomic E-state index is 0.00471. The zero-order valence-electron chi connectivity index (χ0n) is 15.6. The van der Waals surface area contributed by atoms with E-state index < -0.39 is 24.0 Å². The van der Waals surface area contributed by atoms with Gasteiger partial charge in [0.1, 0.15) is 12.0 Å². The third kappa shape index (κ3) is 3.24. The van der Waals surface area contributed by atoms with Crippen LogP contribution in [-0.4, -0.2) is 33.4 Å². The lowest BCUT2D eigenvalue weighted by atomic mass is 9.73. The smallest absolute Gasteiger partial charge is 0.257 e. The summed E-state index contributed by atoms with van der Waals surface area (Å²) in [7, 11) is 0. The Morgan fingerprint density at radius 2 is 1.83 bits per heavy atom. The first-order valence-corrected chi connectivity index (χ1v) is 9.66. The maximum absolute atomic E-state index is 14.9. The molecule has 2 aliphatic rings. The van der Waals surface area contributed by atoms with Crippen LogP contribution in [-0.2, 0) is 6.18 Å². The van der Waals surface area contributed by atoms with E-state index in [2.05, 4.69) is 20.9 Å². The van der Waals surface area contributed by atoms with Gasteiger partial charge in [0.05, 0.1) is 6.04 Å². The number of aromatic nitrogens is 3. The Balaban J connectivity index is 1.68. The van der Waals surface area contributed by atoms with Crippen molar-refractivity contribution in [1.29, 1.82) is 0 Å². The van der Waals surface area contributed by atoms with Crippen LogP contribution < -0.4 is 10.9 Å². The van der Waals surface area contributed by atoms with Crippen LogP contribution >= 0.6 is 0 Å². The number of hydrazine groups is 1. The highest BCUT2D eigenvalue weighted by Gasteiger charge is 2.43. The van der Waals surface area contributed by atoms with Crippen molar-refractivity contribution in [3.63, 3.8) is 0 Å². The number of hydrogen-bond acceptors (Lipinski definition) is 4. The molecule has 30 heavy (non-hydrogen) atoms. The lowest BCUT2D eigenvalue weighted by molar-refractivity contribution is -0.144. The lowest BCUT2D eigenvalue weighted by Gasteiger charge is -2.34. The SMILES string of the molecule is Fc1ccc(-c2ccn3nc(C(F)(F)F)nc3c2C2CC(F)C3NNCC3C2)cc1. The van der Waals surface area contributed by atoms with Crippen molar-refractivity contribution in [2.45, 2.75) is 37.1 Å². The normalized spacial score (nSPS) is 26.8. The molecule has 2 N–H and O–H groups in total. The van der Waals surface area contributed by atoms with Crippen LogP contribution in [0.5, 0.6) is 0 Å². The molecule has 4 atom stereocenters. The molecule has 0 spiro atoms. The molecule has 158 valence electrons. The van der Waals surface area contributed by atoms with Gasteiger partial charge >= 0.3 is 6.18 Å². The standard InChI is InChI=1S/C20H18F5N5/c21-13-3-1-10(2-4-13)14-5-6-30-18(27-19(29-30)20(23,24)25)16(14)11-7-12-9-26-28-17(12)15(22)8-11/h1-6,11-12,15,17,26,28H,7-9H2. The quantitative estimate of drug-likeness (QED) is 0.615. The Morgan fingerprint density at radius 3 is 2.57 bits per heavy atom. The molecule has 0 radical (unpaired) electrons. The second-order valence-corrected chi connectivity index (χ2v) is 7.85. The molecule has 2 fully saturated rings. The summed E-state index contributed by atoms with van der Waals surface area (Å²) in [6, 6.07) is 7.00. The number of nitrogens with zero attached hydrogens (tertiary/aromatic N) is 3. The Labute approximate surface area is 168 Å². The highest BCUT2D eigenvalue weighted by molar-refractivity contribution is 5.74. The largest absolute Gasteiger partial charge is 0.453 e. The van der Waals surface area contributed by atoms with E-state index in [0.29, 0.717) is 29.7 Å². The Kier molecular flexibility index (Phi) is 4.51. The molecule has 5 nitrogen and oxygen atoms in total. The summed E-state index contributed by atoms with van der Waals surface area (Å²) in [5, 5.41) is 3.58. The molecule has 0 bridgehead atoms. The molecule has 1 saturated carbocycles. The molecule has 0 amide bonds. The number of nitrogens with one attached hydrogen (secondary N) is 2. The maximum Gasteiger partial charge on any atom is 0.453 e. The topological polar surface area (TPSA) is 54.2 Å². The summed E-state index contributed by atoms with van der Waals surface area (Å²) in [4.78, 5) is 3.77. The number of hydrogen-bond donors (Lipinski definition) is 2. The molecule has 3 heterocycles. The van der Waals surface area contributed by atoms with Crippen molar-refractivity contribution in [3.05, 3.63) is 53.7 Å². The van der Waals surface area contributed by atoms with Crippen molar-refractivity contribution in [2.24, 2.45) is 5.92 Å². The van der Waals surface area contributed by atoms with Crippen molar-refractivity contribution in [2.75, 3.05) is 6.54 Å². The third-order valence-electron chi connectivity index (χ3n) is 5.99. The predicted molar refractivity (Wildman–Crippen MR) is 98.7 cm³/mol. The first-order valence-electron chi connectivity index (χ1n) is 9.66. The molecule has 4 unspecified atom stereocenters. The minimum atomic E-state index is -4.70. The molecule has 5 rings (SSSR count). The van der Waals surface area contributed by atoms with Crippen LogP contribution in [0.3, 0.4) is 0 Å². The van der Waals surface area contributed by atoms with Gasteiger partial charge in [0.25, 0.3) is 5.82 Å². The second-order valence-electron chi connectivity index (χ2n) is 7.85. The average molecular weight is 423 g/mol. The van der Waals surface area contributed by atoms with Gasteiger partial charge in [-0.15, -0.1) is 5.10 Å². The maximum atomic E-state index is 14.9. The van der Waals surface area contributed by atoms with Crippen LogP contribution in [0.25, 0.3) is 16.8 Å². The molecule has 3 aromatic rings. The molecule has 1 aliphatic heterocycles. The van der Waals surface area contributed by atoms with Crippen molar-refractivity contribution < 1.29 is 22.0 Å². The van der Waals surface area contributed by atoms with Gasteiger partial charge < -0.3 is 0 Å². The zero-order chi connectivity index (χ0) is 21.0. The van der Waals surface area contributed by atoms with Gasteiger partial charge in [0.15, 0.2) is 5.65 Å². The van der Waals surface area contributed by atoms with Crippen molar-refractivity contribution in [1.82, 2.24) is 25.4 Å². The fourth-order valence-electron chi connectivity index (χ4n) is 4.65. The number of pyridine rings is 1. The number of halogens is 5. The van der Waals surface area contributed by atoms with Crippen LogP contribution in [0.1, 0.15) is 30.1 Å². The van der Waals surface area contributed by atoms with Gasteiger partial charge in [-0.3, -0.25) is 10.9 Å². The van der Waals surface area contributed by atoms with E-state index in [1.54, 1.807) is 18.2 Å². The molecule has 10 heteroatoms. The first-order chi connectivity index (χ1) is 14.3. The summed E-state index contributed by atoms with van der Waals surface area (Å²) >= 11 is 0. The summed E-state index contributed by atoms with van der Waals surface area (Å²) in [5.74, 6) is -2.01. The van der Waals surface area contributed by atoms with Crippen molar-refractivity contribution in [3.8, 4) is 11.1 Å². The third-order valence-corrected chi connectivity index (χ3v) is 5.99. The molecule has 1 aromatic carbocycles. The predicted octanol–water partition coefficient (Wildman–Crippen LogP) is 3.86. The Morgan fingerprint density at radius 1 is 1.07 bits per heavy atom. The van der Waals surface area contributed by atoms with Crippen LogP contribution in [0.4, 0.5) is 22.0 Å². The summed E-state index contributed by atoms with van der Waals surface area (Å²) in [6.45, 7) is 0.580. The van der Waals surface area contributed by atoms with E-state index in [4.69, 9.17) is 0 Å². The number of benzene rings is 1. The summed E-state index contributed by atoms with van der Waals surface area (Å²) in [5.41, 5.74) is 7.72.